The minimum Gasteiger partial charge on any atom is -0.373 e. The lowest BCUT2D eigenvalue weighted by molar-refractivity contribution is -0.0670. The largest absolute Gasteiger partial charge is 0.373 e. The Hall–Kier alpha value is -1.72. The molecule has 1 saturated heterocycles. The number of anilines is 1. The lowest BCUT2D eigenvalue weighted by Gasteiger charge is -2.36. The molecule has 1 aromatic carbocycles. The molecule has 0 bridgehead atoms. The number of morpholine rings is 1. The maximum atomic E-state index is 5.80. The smallest absolute Gasteiger partial charge is 0.139 e. The van der Waals surface area contributed by atoms with Crippen molar-refractivity contribution in [3.63, 3.8) is 0 Å². The van der Waals surface area contributed by atoms with E-state index in [1.165, 1.54) is 5.56 Å². The van der Waals surface area contributed by atoms with E-state index in [2.05, 4.69) is 65.8 Å². The summed E-state index contributed by atoms with van der Waals surface area (Å²) in [4.78, 5) is 13.6. The number of nitrogens with zero attached hydrogens (tertiary/aromatic N) is 4. The van der Waals surface area contributed by atoms with Crippen LogP contribution in [0.25, 0.3) is 10.9 Å². The number of hydrogen-bond acceptors (Lipinski definition) is 5. The molecule has 1 aliphatic heterocycles. The van der Waals surface area contributed by atoms with Gasteiger partial charge in [0.15, 0.2) is 0 Å². The van der Waals surface area contributed by atoms with Crippen molar-refractivity contribution in [1.82, 2.24) is 14.9 Å². The molecule has 2 atom stereocenters. The molecule has 124 valence electrons. The second-order valence-corrected chi connectivity index (χ2v) is 6.61. The normalized spacial score (nSPS) is 22.4. The zero-order chi connectivity index (χ0) is 16.4. The van der Waals surface area contributed by atoms with Crippen LogP contribution in [0.2, 0.25) is 0 Å². The van der Waals surface area contributed by atoms with E-state index < -0.39 is 0 Å². The fraction of sp³-hybridized carbons (Fsp3) is 0.556. The quantitative estimate of drug-likeness (QED) is 0.867. The van der Waals surface area contributed by atoms with E-state index in [4.69, 9.17) is 4.74 Å². The van der Waals surface area contributed by atoms with Crippen molar-refractivity contribution in [2.75, 3.05) is 38.1 Å². The molecule has 0 spiro atoms. The van der Waals surface area contributed by atoms with Crippen molar-refractivity contribution in [3.05, 3.63) is 30.1 Å². The molecule has 1 fully saturated rings. The Bertz CT molecular complexity index is 665. The van der Waals surface area contributed by atoms with E-state index in [1.807, 2.05) is 0 Å². The van der Waals surface area contributed by atoms with E-state index >= 15 is 0 Å². The number of para-hydroxylation sites is 1. The van der Waals surface area contributed by atoms with Gasteiger partial charge in [-0.2, -0.15) is 0 Å². The first-order valence-corrected chi connectivity index (χ1v) is 8.34. The molecular formula is C18H26N4O. The summed E-state index contributed by atoms with van der Waals surface area (Å²) in [6.45, 7) is 10.4. The number of aromatic nitrogens is 2. The van der Waals surface area contributed by atoms with Crippen LogP contribution < -0.4 is 4.90 Å². The Morgan fingerprint density at radius 3 is 2.70 bits per heavy atom. The van der Waals surface area contributed by atoms with Gasteiger partial charge < -0.3 is 9.64 Å². The first-order valence-electron chi connectivity index (χ1n) is 8.34. The summed E-state index contributed by atoms with van der Waals surface area (Å²) in [7, 11) is 2.11. The van der Waals surface area contributed by atoms with Crippen molar-refractivity contribution in [2.45, 2.75) is 33.0 Å². The van der Waals surface area contributed by atoms with Crippen molar-refractivity contribution < 1.29 is 4.74 Å². The Balaban J connectivity index is 1.71. The number of fused-ring (bicyclic) bond motifs is 1. The molecule has 2 heterocycles. The molecule has 0 saturated carbocycles. The lowest BCUT2D eigenvalue weighted by Crippen LogP contribution is -2.47. The highest BCUT2D eigenvalue weighted by atomic mass is 16.5. The van der Waals surface area contributed by atoms with Crippen LogP contribution in [0.1, 0.15) is 19.4 Å². The van der Waals surface area contributed by atoms with E-state index in [-0.39, 0.29) is 0 Å². The molecule has 5 nitrogen and oxygen atoms in total. The SMILES string of the molecule is Cc1cccc2c(N(C)CCN3C[C@@H](C)O[C@@H](C)C3)ncnc12. The van der Waals surface area contributed by atoms with Crippen molar-refractivity contribution in [2.24, 2.45) is 0 Å². The molecule has 5 heteroatoms. The Kier molecular flexibility index (Phi) is 4.78. The van der Waals surface area contributed by atoms with Crippen LogP contribution in [0.5, 0.6) is 0 Å². The number of rotatable bonds is 4. The van der Waals surface area contributed by atoms with E-state index in [0.717, 1.165) is 42.9 Å². The molecule has 0 N–H and O–H groups in total. The molecule has 0 radical (unpaired) electrons. The van der Waals surface area contributed by atoms with Gasteiger partial charge in [0.25, 0.3) is 0 Å². The molecule has 23 heavy (non-hydrogen) atoms. The maximum Gasteiger partial charge on any atom is 0.139 e. The van der Waals surface area contributed by atoms with Gasteiger partial charge in [-0.15, -0.1) is 0 Å². The predicted octanol–water partition coefficient (Wildman–Crippen LogP) is 2.48. The minimum absolute atomic E-state index is 0.312. The third-order valence-corrected chi connectivity index (χ3v) is 4.45. The van der Waals surface area contributed by atoms with Gasteiger partial charge in [0, 0.05) is 38.6 Å². The van der Waals surface area contributed by atoms with Crippen LogP contribution in [-0.2, 0) is 4.74 Å². The summed E-state index contributed by atoms with van der Waals surface area (Å²) in [6.07, 6.45) is 2.29. The van der Waals surface area contributed by atoms with Crippen LogP contribution in [0.3, 0.4) is 0 Å². The average Bonchev–Trinajstić information content (AvgIpc) is 2.52. The van der Waals surface area contributed by atoms with Crippen LogP contribution >= 0.6 is 0 Å². The third kappa shape index (κ3) is 3.62. The van der Waals surface area contributed by atoms with Crippen molar-refractivity contribution in [3.8, 4) is 0 Å². The Labute approximate surface area is 138 Å². The third-order valence-electron chi connectivity index (χ3n) is 4.45. The van der Waals surface area contributed by atoms with Gasteiger partial charge in [0.1, 0.15) is 12.1 Å². The minimum atomic E-state index is 0.312. The van der Waals surface area contributed by atoms with Crippen molar-refractivity contribution in [1.29, 1.82) is 0 Å². The highest BCUT2D eigenvalue weighted by Crippen LogP contribution is 2.24. The first kappa shape index (κ1) is 16.1. The van der Waals surface area contributed by atoms with Gasteiger partial charge in [0.05, 0.1) is 17.7 Å². The fourth-order valence-corrected chi connectivity index (χ4v) is 3.39. The monoisotopic (exact) mass is 314 g/mol. The van der Waals surface area contributed by atoms with Crippen LogP contribution in [0.15, 0.2) is 24.5 Å². The summed E-state index contributed by atoms with van der Waals surface area (Å²) in [6, 6.07) is 6.27. The maximum absolute atomic E-state index is 5.80. The zero-order valence-electron chi connectivity index (χ0n) is 14.5. The molecular weight excluding hydrogens is 288 g/mol. The van der Waals surface area contributed by atoms with Gasteiger partial charge in [0.2, 0.25) is 0 Å². The molecule has 3 rings (SSSR count). The van der Waals surface area contributed by atoms with Crippen LogP contribution in [0.4, 0.5) is 5.82 Å². The molecule has 1 aliphatic rings. The van der Waals surface area contributed by atoms with Gasteiger partial charge in [-0.25, -0.2) is 9.97 Å². The number of benzene rings is 1. The number of hydrogen-bond donors (Lipinski definition) is 0. The summed E-state index contributed by atoms with van der Waals surface area (Å²) >= 11 is 0. The van der Waals surface area contributed by atoms with Gasteiger partial charge in [-0.1, -0.05) is 12.1 Å². The average molecular weight is 314 g/mol. The van der Waals surface area contributed by atoms with Gasteiger partial charge in [-0.05, 0) is 32.4 Å². The highest BCUT2D eigenvalue weighted by Gasteiger charge is 2.22. The summed E-state index contributed by atoms with van der Waals surface area (Å²) < 4.78 is 5.80. The topological polar surface area (TPSA) is 41.5 Å². The molecule has 2 aromatic rings. The Morgan fingerprint density at radius 2 is 1.96 bits per heavy atom. The second-order valence-electron chi connectivity index (χ2n) is 6.61. The summed E-state index contributed by atoms with van der Waals surface area (Å²) in [5, 5.41) is 1.12. The standard InChI is InChI=1S/C18H26N4O/c1-13-6-5-7-16-17(13)19-12-20-18(16)21(4)8-9-22-10-14(2)23-15(3)11-22/h5-7,12,14-15H,8-11H2,1-4H3/t14-,15+. The number of aryl methyl sites for hydroxylation is 1. The van der Waals surface area contributed by atoms with Crippen LogP contribution in [-0.4, -0.2) is 60.3 Å². The lowest BCUT2D eigenvalue weighted by atomic mass is 10.1. The van der Waals surface area contributed by atoms with Crippen LogP contribution in [0, 0.1) is 6.92 Å². The molecule has 0 unspecified atom stereocenters. The molecule has 0 amide bonds. The van der Waals surface area contributed by atoms with Gasteiger partial charge in [-0.3, -0.25) is 4.90 Å². The Morgan fingerprint density at radius 1 is 1.22 bits per heavy atom. The van der Waals surface area contributed by atoms with Crippen molar-refractivity contribution >= 4 is 16.7 Å². The number of ether oxygens (including phenoxy) is 1. The summed E-state index contributed by atoms with van der Waals surface area (Å²) in [5.74, 6) is 1.01. The predicted molar refractivity (Wildman–Crippen MR) is 94.0 cm³/mol. The first-order chi connectivity index (χ1) is 11.0. The summed E-state index contributed by atoms with van der Waals surface area (Å²) in [5.41, 5.74) is 2.23. The number of likely N-dealkylation sites (N-methyl/N-ethyl adjacent to an activating group) is 1. The van der Waals surface area contributed by atoms with E-state index in [1.54, 1.807) is 6.33 Å². The fourth-order valence-electron chi connectivity index (χ4n) is 3.39. The molecule has 1 aromatic heterocycles. The highest BCUT2D eigenvalue weighted by molar-refractivity contribution is 5.91. The van der Waals surface area contributed by atoms with Gasteiger partial charge >= 0.3 is 0 Å². The second kappa shape index (κ2) is 6.81. The van der Waals surface area contributed by atoms with E-state index in [9.17, 15) is 0 Å². The zero-order valence-corrected chi connectivity index (χ0v) is 14.5. The molecule has 0 aliphatic carbocycles. The van der Waals surface area contributed by atoms with E-state index in [0.29, 0.717) is 12.2 Å².